The average Bonchev–Trinajstić information content (AvgIpc) is 3.34. The standard InChI is InChI=1S/C23H21N5O2/c1-27(23(18-8-4-2-5-9-18)19-10-6-3-7-11-19)22(29)16-30-21-14-12-20(13-15-21)28-17-24-25-26-28/h2-15,17,23H,16H2,1H3. The molecule has 7 nitrogen and oxygen atoms in total. The SMILES string of the molecule is CN(C(=O)COc1ccc(-n2cnnn2)cc1)C(c1ccccc1)c1ccccc1. The molecule has 1 amide bonds. The van der Waals surface area contributed by atoms with Crippen LogP contribution in [0.4, 0.5) is 0 Å². The molecule has 1 heterocycles. The predicted octanol–water partition coefficient (Wildman–Crippen LogP) is 3.29. The number of hydrogen-bond donors (Lipinski definition) is 0. The summed E-state index contributed by atoms with van der Waals surface area (Å²) in [7, 11) is 1.80. The van der Waals surface area contributed by atoms with Gasteiger partial charge in [0.2, 0.25) is 0 Å². The normalized spacial score (nSPS) is 10.7. The molecule has 0 saturated heterocycles. The highest BCUT2D eigenvalue weighted by Gasteiger charge is 2.23. The number of carbonyl (C=O) groups is 1. The van der Waals surface area contributed by atoms with Crippen molar-refractivity contribution in [2.75, 3.05) is 13.7 Å². The second-order valence-corrected chi connectivity index (χ2v) is 6.77. The Kier molecular flexibility index (Phi) is 5.80. The van der Waals surface area contributed by atoms with E-state index in [1.54, 1.807) is 28.8 Å². The molecule has 0 fully saturated rings. The minimum Gasteiger partial charge on any atom is -0.484 e. The van der Waals surface area contributed by atoms with Crippen LogP contribution in [0.1, 0.15) is 17.2 Å². The van der Waals surface area contributed by atoms with E-state index in [0.29, 0.717) is 5.75 Å². The number of amides is 1. The van der Waals surface area contributed by atoms with Crippen LogP contribution in [0.25, 0.3) is 5.69 Å². The van der Waals surface area contributed by atoms with Gasteiger partial charge < -0.3 is 9.64 Å². The largest absolute Gasteiger partial charge is 0.484 e. The van der Waals surface area contributed by atoms with E-state index in [-0.39, 0.29) is 18.6 Å². The van der Waals surface area contributed by atoms with Gasteiger partial charge in [0.05, 0.1) is 11.7 Å². The Morgan fingerprint density at radius 2 is 1.53 bits per heavy atom. The molecular weight excluding hydrogens is 378 g/mol. The van der Waals surface area contributed by atoms with Crippen LogP contribution in [0.2, 0.25) is 0 Å². The molecule has 30 heavy (non-hydrogen) atoms. The van der Waals surface area contributed by atoms with Gasteiger partial charge in [-0.3, -0.25) is 4.79 Å². The summed E-state index contributed by atoms with van der Waals surface area (Å²) >= 11 is 0. The van der Waals surface area contributed by atoms with E-state index in [0.717, 1.165) is 16.8 Å². The molecule has 0 aliphatic carbocycles. The Labute approximate surface area is 174 Å². The second-order valence-electron chi connectivity index (χ2n) is 6.77. The lowest BCUT2D eigenvalue weighted by Crippen LogP contribution is -2.35. The summed E-state index contributed by atoms with van der Waals surface area (Å²) in [6.45, 7) is -0.0586. The lowest BCUT2D eigenvalue weighted by atomic mass is 9.97. The lowest BCUT2D eigenvalue weighted by Gasteiger charge is -2.29. The zero-order chi connectivity index (χ0) is 20.8. The summed E-state index contributed by atoms with van der Waals surface area (Å²) in [5, 5.41) is 11.1. The maximum absolute atomic E-state index is 12.9. The summed E-state index contributed by atoms with van der Waals surface area (Å²) in [5.74, 6) is 0.488. The molecule has 1 aromatic heterocycles. The zero-order valence-electron chi connectivity index (χ0n) is 16.5. The predicted molar refractivity (Wildman–Crippen MR) is 112 cm³/mol. The fourth-order valence-corrected chi connectivity index (χ4v) is 3.28. The number of carbonyl (C=O) groups excluding carboxylic acids is 1. The van der Waals surface area contributed by atoms with Crippen molar-refractivity contribution in [1.82, 2.24) is 25.1 Å². The second kappa shape index (κ2) is 9.00. The van der Waals surface area contributed by atoms with E-state index in [4.69, 9.17) is 4.74 Å². The van der Waals surface area contributed by atoms with Gasteiger partial charge in [-0.1, -0.05) is 60.7 Å². The third kappa shape index (κ3) is 4.35. The first-order chi connectivity index (χ1) is 14.7. The first-order valence-electron chi connectivity index (χ1n) is 9.54. The molecule has 3 aromatic carbocycles. The first-order valence-corrected chi connectivity index (χ1v) is 9.54. The number of hydrogen-bond acceptors (Lipinski definition) is 5. The molecule has 0 spiro atoms. The first kappa shape index (κ1) is 19.3. The molecular formula is C23H21N5O2. The van der Waals surface area contributed by atoms with Crippen LogP contribution in [-0.2, 0) is 4.79 Å². The van der Waals surface area contributed by atoms with E-state index in [9.17, 15) is 4.79 Å². The van der Waals surface area contributed by atoms with Gasteiger partial charge in [-0.25, -0.2) is 4.68 Å². The molecule has 0 N–H and O–H groups in total. The van der Waals surface area contributed by atoms with Crippen molar-refractivity contribution in [3.63, 3.8) is 0 Å². The van der Waals surface area contributed by atoms with Crippen LogP contribution in [0, 0.1) is 0 Å². The van der Waals surface area contributed by atoms with Gasteiger partial charge in [-0.2, -0.15) is 0 Å². The van der Waals surface area contributed by atoms with Crippen molar-refractivity contribution in [2.45, 2.75) is 6.04 Å². The van der Waals surface area contributed by atoms with Gasteiger partial charge in [0.25, 0.3) is 5.91 Å². The molecule has 0 unspecified atom stereocenters. The Hall–Kier alpha value is -4.00. The summed E-state index contributed by atoms with van der Waals surface area (Å²) in [6, 6.07) is 27.0. The molecule has 0 atom stereocenters. The highest BCUT2D eigenvalue weighted by Crippen LogP contribution is 2.27. The minimum atomic E-state index is -0.189. The van der Waals surface area contributed by atoms with E-state index < -0.39 is 0 Å². The minimum absolute atomic E-state index is 0.0586. The number of benzene rings is 3. The van der Waals surface area contributed by atoms with E-state index in [1.165, 1.54) is 6.33 Å². The molecule has 0 radical (unpaired) electrons. The van der Waals surface area contributed by atoms with Gasteiger partial charge in [0.1, 0.15) is 12.1 Å². The quantitative estimate of drug-likeness (QED) is 0.477. The number of aromatic nitrogens is 4. The Morgan fingerprint density at radius 1 is 0.933 bits per heavy atom. The van der Waals surface area contributed by atoms with Crippen molar-refractivity contribution >= 4 is 5.91 Å². The number of ether oxygens (including phenoxy) is 1. The molecule has 150 valence electrons. The van der Waals surface area contributed by atoms with Gasteiger partial charge in [-0.15, -0.1) is 5.10 Å². The average molecular weight is 399 g/mol. The van der Waals surface area contributed by atoms with Gasteiger partial charge in [0.15, 0.2) is 6.61 Å². The number of nitrogens with zero attached hydrogens (tertiary/aromatic N) is 5. The molecule has 0 aliphatic heterocycles. The summed E-state index contributed by atoms with van der Waals surface area (Å²) < 4.78 is 7.28. The van der Waals surface area contributed by atoms with Crippen LogP contribution >= 0.6 is 0 Å². The van der Waals surface area contributed by atoms with E-state index in [2.05, 4.69) is 15.5 Å². The fourth-order valence-electron chi connectivity index (χ4n) is 3.28. The zero-order valence-corrected chi connectivity index (χ0v) is 16.5. The van der Waals surface area contributed by atoms with Crippen LogP contribution in [0.5, 0.6) is 5.75 Å². The molecule has 4 aromatic rings. The lowest BCUT2D eigenvalue weighted by molar-refractivity contribution is -0.133. The molecule has 4 rings (SSSR count). The summed E-state index contributed by atoms with van der Waals surface area (Å²) in [4.78, 5) is 14.7. The molecule has 0 aliphatic rings. The van der Waals surface area contributed by atoms with Crippen molar-refractivity contribution in [2.24, 2.45) is 0 Å². The molecule has 7 heteroatoms. The maximum atomic E-state index is 12.9. The van der Waals surface area contributed by atoms with Crippen LogP contribution < -0.4 is 4.74 Å². The summed E-state index contributed by atoms with van der Waals surface area (Å²) in [6.07, 6.45) is 1.52. The van der Waals surface area contributed by atoms with Gasteiger partial charge in [0, 0.05) is 7.05 Å². The Bertz CT molecular complexity index is 1030. The third-order valence-corrected chi connectivity index (χ3v) is 4.82. The highest BCUT2D eigenvalue weighted by molar-refractivity contribution is 5.78. The topological polar surface area (TPSA) is 73.1 Å². The number of rotatable bonds is 7. The highest BCUT2D eigenvalue weighted by atomic mass is 16.5. The fraction of sp³-hybridized carbons (Fsp3) is 0.130. The smallest absolute Gasteiger partial charge is 0.261 e. The van der Waals surface area contributed by atoms with Crippen LogP contribution in [0.15, 0.2) is 91.3 Å². The Balaban J connectivity index is 1.46. The number of tetrazole rings is 1. The van der Waals surface area contributed by atoms with Gasteiger partial charge in [-0.05, 0) is 45.8 Å². The third-order valence-electron chi connectivity index (χ3n) is 4.82. The van der Waals surface area contributed by atoms with Crippen molar-refractivity contribution in [3.8, 4) is 11.4 Å². The van der Waals surface area contributed by atoms with E-state index in [1.807, 2.05) is 72.8 Å². The van der Waals surface area contributed by atoms with Crippen molar-refractivity contribution in [3.05, 3.63) is 102 Å². The van der Waals surface area contributed by atoms with Crippen LogP contribution in [-0.4, -0.2) is 44.7 Å². The van der Waals surface area contributed by atoms with Crippen molar-refractivity contribution in [1.29, 1.82) is 0 Å². The molecule has 0 bridgehead atoms. The van der Waals surface area contributed by atoms with Crippen molar-refractivity contribution < 1.29 is 9.53 Å². The summed E-state index contributed by atoms with van der Waals surface area (Å²) in [5.41, 5.74) is 2.90. The van der Waals surface area contributed by atoms with Crippen LogP contribution in [0.3, 0.4) is 0 Å². The maximum Gasteiger partial charge on any atom is 0.261 e. The number of likely N-dealkylation sites (N-methyl/N-ethyl adjacent to an activating group) is 1. The monoisotopic (exact) mass is 399 g/mol. The van der Waals surface area contributed by atoms with Gasteiger partial charge >= 0.3 is 0 Å². The molecule has 0 saturated carbocycles. The van der Waals surface area contributed by atoms with E-state index >= 15 is 0 Å². The Morgan fingerprint density at radius 3 is 2.07 bits per heavy atom.